The molecule has 0 heterocycles. The molecule has 0 saturated heterocycles. The van der Waals surface area contributed by atoms with Gasteiger partial charge >= 0.3 is 0 Å². The number of aliphatic hydroxyl groups is 2. The zero-order valence-electron chi connectivity index (χ0n) is 15.2. The minimum atomic E-state index is 0.0654. The van der Waals surface area contributed by atoms with Gasteiger partial charge in [-0.15, -0.1) is 0 Å². The van der Waals surface area contributed by atoms with Gasteiger partial charge in [0.1, 0.15) is 11.5 Å². The second kappa shape index (κ2) is 10.9. The molecule has 0 unspecified atom stereocenters. The van der Waals surface area contributed by atoms with Gasteiger partial charge in [-0.25, -0.2) is 0 Å². The standard InChI is InChI=1S/2C9H14N2O2/c1-13-9-3-2-7(6-8(9)10)11-4-5-12;1-13-7-3-2-6(4-5-12)8(10)9(7)11/h2-3,6,11-12H,4-5,10H2,1H3;2-3,12H,4-5,10-11H2,1H3. The number of nitrogens with one attached hydrogen (secondary N) is 1. The van der Waals surface area contributed by atoms with E-state index in [0.29, 0.717) is 41.5 Å². The number of nitrogens with two attached hydrogens (primary N) is 3. The van der Waals surface area contributed by atoms with Crippen LogP contribution in [0.3, 0.4) is 0 Å². The molecule has 2 rings (SSSR count). The summed E-state index contributed by atoms with van der Waals surface area (Å²) in [7, 11) is 3.11. The molecule has 0 aliphatic carbocycles. The third-order valence-electron chi connectivity index (χ3n) is 3.61. The molecule has 0 amide bonds. The first-order valence-electron chi connectivity index (χ1n) is 8.08. The lowest BCUT2D eigenvalue weighted by Gasteiger charge is -2.10. The molecule has 2 aromatic rings. The molecule has 0 aliphatic heterocycles. The average molecular weight is 364 g/mol. The summed E-state index contributed by atoms with van der Waals surface area (Å²) in [6.07, 6.45) is 0.514. The Morgan fingerprint density at radius 2 is 1.54 bits per heavy atom. The first-order chi connectivity index (χ1) is 12.5. The zero-order valence-corrected chi connectivity index (χ0v) is 15.2. The van der Waals surface area contributed by atoms with Crippen LogP contribution in [0.2, 0.25) is 0 Å². The fourth-order valence-electron chi connectivity index (χ4n) is 2.22. The Morgan fingerprint density at radius 3 is 2.08 bits per heavy atom. The van der Waals surface area contributed by atoms with Crippen LogP contribution in [-0.2, 0) is 6.42 Å². The number of nitrogen functional groups attached to an aromatic ring is 3. The summed E-state index contributed by atoms with van der Waals surface area (Å²) in [6, 6.07) is 8.96. The maximum Gasteiger partial charge on any atom is 0.143 e. The van der Waals surface area contributed by atoms with E-state index < -0.39 is 0 Å². The largest absolute Gasteiger partial charge is 0.495 e. The Hall–Kier alpha value is -2.84. The molecule has 0 radical (unpaired) electrons. The van der Waals surface area contributed by atoms with Crippen molar-refractivity contribution >= 4 is 22.7 Å². The quantitative estimate of drug-likeness (QED) is 0.400. The van der Waals surface area contributed by atoms with Gasteiger partial charge in [-0.2, -0.15) is 0 Å². The molecule has 0 aliphatic rings. The zero-order chi connectivity index (χ0) is 19.5. The summed E-state index contributed by atoms with van der Waals surface area (Å²) >= 11 is 0. The lowest BCUT2D eigenvalue weighted by atomic mass is 10.1. The van der Waals surface area contributed by atoms with Gasteiger partial charge in [0.25, 0.3) is 0 Å². The highest BCUT2D eigenvalue weighted by Gasteiger charge is 2.07. The smallest absolute Gasteiger partial charge is 0.143 e. The maximum absolute atomic E-state index is 8.73. The van der Waals surface area contributed by atoms with E-state index in [1.807, 2.05) is 6.07 Å². The molecule has 0 atom stereocenters. The van der Waals surface area contributed by atoms with Gasteiger partial charge in [-0.1, -0.05) is 6.07 Å². The summed E-state index contributed by atoms with van der Waals surface area (Å²) < 4.78 is 9.99. The number of anilines is 4. The maximum atomic E-state index is 8.73. The Morgan fingerprint density at radius 1 is 0.885 bits per heavy atom. The first kappa shape index (κ1) is 21.2. The van der Waals surface area contributed by atoms with Gasteiger partial charge in [0.15, 0.2) is 0 Å². The van der Waals surface area contributed by atoms with Gasteiger partial charge in [0.05, 0.1) is 37.9 Å². The predicted molar refractivity (Wildman–Crippen MR) is 106 cm³/mol. The van der Waals surface area contributed by atoms with E-state index in [-0.39, 0.29) is 13.2 Å². The van der Waals surface area contributed by atoms with Crippen LogP contribution < -0.4 is 32.0 Å². The van der Waals surface area contributed by atoms with Crippen molar-refractivity contribution < 1.29 is 19.7 Å². The highest BCUT2D eigenvalue weighted by Crippen LogP contribution is 2.30. The summed E-state index contributed by atoms with van der Waals surface area (Å²) in [5, 5.41) is 20.3. The normalized spacial score (nSPS) is 9.85. The van der Waals surface area contributed by atoms with Crippen molar-refractivity contribution in [1.82, 2.24) is 0 Å². The number of methoxy groups -OCH3 is 2. The molecular weight excluding hydrogens is 336 g/mol. The number of ether oxygens (including phenoxy) is 2. The molecular formula is C18H28N4O4. The minimum Gasteiger partial charge on any atom is -0.495 e. The van der Waals surface area contributed by atoms with E-state index in [9.17, 15) is 0 Å². The van der Waals surface area contributed by atoms with Crippen LogP contribution in [-0.4, -0.2) is 44.2 Å². The van der Waals surface area contributed by atoms with Crippen LogP contribution in [0.4, 0.5) is 22.7 Å². The number of aliphatic hydroxyl groups excluding tert-OH is 2. The predicted octanol–water partition coefficient (Wildman–Crippen LogP) is 1.08. The number of hydrogen-bond acceptors (Lipinski definition) is 8. The van der Waals surface area contributed by atoms with E-state index in [2.05, 4.69) is 5.32 Å². The molecule has 8 nitrogen and oxygen atoms in total. The van der Waals surface area contributed by atoms with Gasteiger partial charge in [0.2, 0.25) is 0 Å². The van der Waals surface area contributed by atoms with Gasteiger partial charge in [-0.05, 0) is 36.2 Å². The van der Waals surface area contributed by atoms with Gasteiger partial charge in [-0.3, -0.25) is 0 Å². The number of rotatable bonds is 7. The molecule has 0 fully saturated rings. The Balaban J connectivity index is 0.000000260. The highest BCUT2D eigenvalue weighted by molar-refractivity contribution is 5.74. The Labute approximate surface area is 153 Å². The molecule has 144 valence electrons. The average Bonchev–Trinajstić information content (AvgIpc) is 2.65. The second-order valence-electron chi connectivity index (χ2n) is 5.34. The second-order valence-corrected chi connectivity index (χ2v) is 5.34. The van der Waals surface area contributed by atoms with Crippen LogP contribution in [0.1, 0.15) is 5.56 Å². The third-order valence-corrected chi connectivity index (χ3v) is 3.61. The fraction of sp³-hybridized carbons (Fsp3) is 0.333. The Bertz CT molecular complexity index is 695. The minimum absolute atomic E-state index is 0.0654. The van der Waals surface area contributed by atoms with Gasteiger partial charge < -0.3 is 42.2 Å². The summed E-state index contributed by atoms with van der Waals surface area (Å²) in [5.41, 5.74) is 20.3. The first-order valence-corrected chi connectivity index (χ1v) is 8.08. The van der Waals surface area contributed by atoms with E-state index >= 15 is 0 Å². The van der Waals surface area contributed by atoms with E-state index in [4.69, 9.17) is 36.9 Å². The summed E-state index contributed by atoms with van der Waals surface area (Å²) in [6.45, 7) is 0.688. The van der Waals surface area contributed by atoms with E-state index in [1.165, 1.54) is 7.11 Å². The molecule has 0 saturated carbocycles. The Kier molecular flexibility index (Phi) is 8.90. The van der Waals surface area contributed by atoms with Crippen LogP contribution in [0.5, 0.6) is 11.5 Å². The molecule has 26 heavy (non-hydrogen) atoms. The van der Waals surface area contributed by atoms with Crippen molar-refractivity contribution in [3.8, 4) is 11.5 Å². The highest BCUT2D eigenvalue weighted by atomic mass is 16.5. The van der Waals surface area contributed by atoms with Crippen molar-refractivity contribution in [2.75, 3.05) is 56.5 Å². The van der Waals surface area contributed by atoms with Crippen molar-refractivity contribution in [2.45, 2.75) is 6.42 Å². The molecule has 0 spiro atoms. The topological polar surface area (TPSA) is 149 Å². The monoisotopic (exact) mass is 364 g/mol. The lowest BCUT2D eigenvalue weighted by molar-refractivity contribution is 0.300. The molecule has 0 bridgehead atoms. The van der Waals surface area contributed by atoms with Crippen molar-refractivity contribution in [1.29, 1.82) is 0 Å². The van der Waals surface area contributed by atoms with Crippen LogP contribution in [0.25, 0.3) is 0 Å². The van der Waals surface area contributed by atoms with Crippen LogP contribution >= 0.6 is 0 Å². The SMILES string of the molecule is COc1ccc(CCO)c(N)c1N.COc1ccc(NCCO)cc1N. The molecule has 0 aromatic heterocycles. The fourth-order valence-corrected chi connectivity index (χ4v) is 2.22. The van der Waals surface area contributed by atoms with Crippen molar-refractivity contribution in [2.24, 2.45) is 0 Å². The van der Waals surface area contributed by atoms with Gasteiger partial charge in [0, 0.05) is 18.8 Å². The summed E-state index contributed by atoms with van der Waals surface area (Å²) in [4.78, 5) is 0. The number of hydrogen-bond donors (Lipinski definition) is 6. The third kappa shape index (κ3) is 5.91. The van der Waals surface area contributed by atoms with E-state index in [0.717, 1.165) is 11.3 Å². The lowest BCUT2D eigenvalue weighted by Crippen LogP contribution is -2.05. The van der Waals surface area contributed by atoms with Crippen LogP contribution in [0.15, 0.2) is 30.3 Å². The van der Waals surface area contributed by atoms with Crippen molar-refractivity contribution in [3.05, 3.63) is 35.9 Å². The molecule has 8 heteroatoms. The number of benzene rings is 2. The molecule has 2 aromatic carbocycles. The van der Waals surface area contributed by atoms with E-state index in [1.54, 1.807) is 31.4 Å². The summed E-state index contributed by atoms with van der Waals surface area (Å²) in [5.74, 6) is 1.23. The molecule has 9 N–H and O–H groups in total. The van der Waals surface area contributed by atoms with Crippen molar-refractivity contribution in [3.63, 3.8) is 0 Å². The van der Waals surface area contributed by atoms with Crippen LogP contribution in [0, 0.1) is 0 Å².